The van der Waals surface area contributed by atoms with E-state index in [9.17, 15) is 9.59 Å². The SMILES string of the molecule is COc1ccc2c(C(=O)NCC(N)=O)cc(-c3ccc(C#N)cc3)nc2c1. The van der Waals surface area contributed by atoms with Crippen LogP contribution in [0.15, 0.2) is 48.5 Å². The van der Waals surface area contributed by atoms with E-state index in [0.717, 1.165) is 5.56 Å². The molecule has 1 aromatic heterocycles. The number of ether oxygens (including phenoxy) is 1. The zero-order valence-corrected chi connectivity index (χ0v) is 14.5. The summed E-state index contributed by atoms with van der Waals surface area (Å²) in [7, 11) is 1.55. The van der Waals surface area contributed by atoms with Gasteiger partial charge in [0, 0.05) is 17.0 Å². The Morgan fingerprint density at radius 2 is 1.93 bits per heavy atom. The van der Waals surface area contributed by atoms with Crippen molar-refractivity contribution < 1.29 is 14.3 Å². The Morgan fingerprint density at radius 1 is 1.19 bits per heavy atom. The number of nitrogens with one attached hydrogen (secondary N) is 1. The molecule has 7 nitrogen and oxygen atoms in total. The van der Waals surface area contributed by atoms with Crippen molar-refractivity contribution in [3.05, 3.63) is 59.7 Å². The molecule has 0 atom stereocenters. The maximum atomic E-state index is 12.6. The van der Waals surface area contributed by atoms with Crippen LogP contribution < -0.4 is 15.8 Å². The molecule has 134 valence electrons. The molecule has 0 aliphatic heterocycles. The predicted molar refractivity (Wildman–Crippen MR) is 100.0 cm³/mol. The highest BCUT2D eigenvalue weighted by Crippen LogP contribution is 2.27. The molecule has 0 saturated carbocycles. The normalized spacial score (nSPS) is 10.2. The molecule has 0 bridgehead atoms. The van der Waals surface area contributed by atoms with E-state index in [1.807, 2.05) is 0 Å². The van der Waals surface area contributed by atoms with Gasteiger partial charge in [-0.1, -0.05) is 12.1 Å². The van der Waals surface area contributed by atoms with E-state index in [2.05, 4.69) is 16.4 Å². The molecule has 2 amide bonds. The average Bonchev–Trinajstić information content (AvgIpc) is 2.70. The predicted octanol–water partition coefficient (Wildman–Crippen LogP) is 2.00. The van der Waals surface area contributed by atoms with Gasteiger partial charge in [0.05, 0.1) is 42.1 Å². The highest BCUT2D eigenvalue weighted by Gasteiger charge is 2.15. The van der Waals surface area contributed by atoms with Crippen molar-refractivity contribution in [1.29, 1.82) is 5.26 Å². The number of nitrogens with two attached hydrogens (primary N) is 1. The number of primary amides is 1. The van der Waals surface area contributed by atoms with Crippen LogP contribution in [0.2, 0.25) is 0 Å². The summed E-state index contributed by atoms with van der Waals surface area (Å²) in [5.74, 6) is -0.451. The fraction of sp³-hybridized carbons (Fsp3) is 0.100. The Hall–Kier alpha value is -3.92. The van der Waals surface area contributed by atoms with Crippen LogP contribution in [0.4, 0.5) is 0 Å². The van der Waals surface area contributed by atoms with E-state index in [1.54, 1.807) is 55.6 Å². The van der Waals surface area contributed by atoms with E-state index < -0.39 is 11.8 Å². The summed E-state index contributed by atoms with van der Waals surface area (Å²) in [4.78, 5) is 28.2. The lowest BCUT2D eigenvalue weighted by atomic mass is 10.0. The summed E-state index contributed by atoms with van der Waals surface area (Å²) in [5, 5.41) is 12.1. The number of carbonyl (C=O) groups excluding carboxylic acids is 2. The maximum Gasteiger partial charge on any atom is 0.252 e. The number of methoxy groups -OCH3 is 1. The second-order valence-electron chi connectivity index (χ2n) is 5.78. The first-order chi connectivity index (χ1) is 13.0. The summed E-state index contributed by atoms with van der Waals surface area (Å²) < 4.78 is 5.24. The first-order valence-electron chi connectivity index (χ1n) is 8.07. The zero-order valence-electron chi connectivity index (χ0n) is 14.5. The Morgan fingerprint density at radius 3 is 2.56 bits per heavy atom. The van der Waals surface area contributed by atoms with Gasteiger partial charge in [-0.25, -0.2) is 4.98 Å². The number of pyridine rings is 1. The number of nitrogens with zero attached hydrogens (tertiary/aromatic N) is 2. The van der Waals surface area contributed by atoms with Crippen LogP contribution in [0.3, 0.4) is 0 Å². The van der Waals surface area contributed by atoms with Gasteiger partial charge in [-0.2, -0.15) is 5.26 Å². The molecule has 2 aromatic carbocycles. The van der Waals surface area contributed by atoms with Gasteiger partial charge >= 0.3 is 0 Å². The minimum absolute atomic E-state index is 0.259. The summed E-state index contributed by atoms with van der Waals surface area (Å²) >= 11 is 0. The smallest absolute Gasteiger partial charge is 0.252 e. The largest absolute Gasteiger partial charge is 0.497 e. The second-order valence-corrected chi connectivity index (χ2v) is 5.78. The molecule has 3 aromatic rings. The standard InChI is InChI=1S/C20H16N4O3/c1-27-14-6-7-15-16(20(26)23-11-19(22)25)9-17(24-18(15)8-14)13-4-2-12(10-21)3-5-13/h2-9H,11H2,1H3,(H2,22,25)(H,23,26). The first kappa shape index (κ1) is 17.9. The Bertz CT molecular complexity index is 1070. The van der Waals surface area contributed by atoms with Gasteiger partial charge in [0.2, 0.25) is 5.91 Å². The van der Waals surface area contributed by atoms with E-state index in [4.69, 9.17) is 15.7 Å². The van der Waals surface area contributed by atoms with Gasteiger partial charge in [0.25, 0.3) is 5.91 Å². The summed E-state index contributed by atoms with van der Waals surface area (Å²) in [6, 6.07) is 15.8. The lowest BCUT2D eigenvalue weighted by Gasteiger charge is -2.11. The molecule has 0 fully saturated rings. The number of amides is 2. The fourth-order valence-corrected chi connectivity index (χ4v) is 2.65. The number of aromatic nitrogens is 1. The third-order valence-corrected chi connectivity index (χ3v) is 3.99. The molecule has 7 heteroatoms. The number of nitriles is 1. The second kappa shape index (κ2) is 7.54. The monoisotopic (exact) mass is 360 g/mol. The number of hydrogen-bond donors (Lipinski definition) is 2. The number of rotatable bonds is 5. The Labute approximate surface area is 155 Å². The molecule has 1 heterocycles. The molecule has 0 unspecified atom stereocenters. The third kappa shape index (κ3) is 3.85. The van der Waals surface area contributed by atoms with E-state index in [0.29, 0.717) is 33.5 Å². The van der Waals surface area contributed by atoms with Crippen molar-refractivity contribution in [2.24, 2.45) is 5.73 Å². The van der Waals surface area contributed by atoms with Crippen LogP contribution in [-0.4, -0.2) is 30.5 Å². The number of hydrogen-bond acceptors (Lipinski definition) is 5. The van der Waals surface area contributed by atoms with Crippen molar-refractivity contribution in [2.45, 2.75) is 0 Å². The van der Waals surface area contributed by atoms with Crippen molar-refractivity contribution in [2.75, 3.05) is 13.7 Å². The van der Waals surface area contributed by atoms with Gasteiger partial charge in [0.15, 0.2) is 0 Å². The molecule has 27 heavy (non-hydrogen) atoms. The van der Waals surface area contributed by atoms with Gasteiger partial charge < -0.3 is 15.8 Å². The first-order valence-corrected chi connectivity index (χ1v) is 8.07. The zero-order chi connectivity index (χ0) is 19.4. The van der Waals surface area contributed by atoms with Gasteiger partial charge in [0.1, 0.15) is 5.75 Å². The molecule has 3 rings (SSSR count). The topological polar surface area (TPSA) is 118 Å². The summed E-state index contributed by atoms with van der Waals surface area (Å²) in [5.41, 5.74) is 7.88. The minimum atomic E-state index is -0.629. The fourth-order valence-electron chi connectivity index (χ4n) is 2.65. The van der Waals surface area contributed by atoms with Gasteiger partial charge in [-0.3, -0.25) is 9.59 Å². The van der Waals surface area contributed by atoms with E-state index >= 15 is 0 Å². The molecular formula is C20H16N4O3. The Balaban J connectivity index is 2.14. The number of fused-ring (bicyclic) bond motifs is 1. The average molecular weight is 360 g/mol. The molecule has 0 radical (unpaired) electrons. The van der Waals surface area contributed by atoms with Crippen molar-refractivity contribution in [3.63, 3.8) is 0 Å². The lowest BCUT2D eigenvalue weighted by Crippen LogP contribution is -2.33. The number of benzene rings is 2. The number of carbonyl (C=O) groups is 2. The molecule has 0 aliphatic carbocycles. The quantitative estimate of drug-likeness (QED) is 0.721. The lowest BCUT2D eigenvalue weighted by molar-refractivity contribution is -0.117. The molecule has 0 spiro atoms. The van der Waals surface area contributed by atoms with Gasteiger partial charge in [-0.05, 0) is 30.3 Å². The Kier molecular flexibility index (Phi) is 4.99. The maximum absolute atomic E-state index is 12.6. The van der Waals surface area contributed by atoms with Crippen LogP contribution in [0.1, 0.15) is 15.9 Å². The van der Waals surface area contributed by atoms with E-state index in [-0.39, 0.29) is 6.54 Å². The van der Waals surface area contributed by atoms with Crippen LogP contribution in [0.5, 0.6) is 5.75 Å². The third-order valence-electron chi connectivity index (χ3n) is 3.99. The van der Waals surface area contributed by atoms with E-state index in [1.165, 1.54) is 0 Å². The highest BCUT2D eigenvalue weighted by atomic mass is 16.5. The molecular weight excluding hydrogens is 344 g/mol. The van der Waals surface area contributed by atoms with Crippen LogP contribution in [-0.2, 0) is 4.79 Å². The highest BCUT2D eigenvalue weighted by molar-refractivity contribution is 6.08. The summed E-state index contributed by atoms with van der Waals surface area (Å²) in [6.07, 6.45) is 0. The van der Waals surface area contributed by atoms with Crippen molar-refractivity contribution in [3.8, 4) is 23.1 Å². The molecule has 0 aliphatic rings. The van der Waals surface area contributed by atoms with Crippen LogP contribution in [0.25, 0.3) is 22.2 Å². The van der Waals surface area contributed by atoms with Crippen LogP contribution >= 0.6 is 0 Å². The molecule has 0 saturated heterocycles. The van der Waals surface area contributed by atoms with Crippen LogP contribution in [0, 0.1) is 11.3 Å². The van der Waals surface area contributed by atoms with Crippen molar-refractivity contribution >= 4 is 22.7 Å². The molecule has 3 N–H and O–H groups in total. The van der Waals surface area contributed by atoms with Crippen molar-refractivity contribution in [1.82, 2.24) is 10.3 Å². The summed E-state index contributed by atoms with van der Waals surface area (Å²) in [6.45, 7) is -0.259. The minimum Gasteiger partial charge on any atom is -0.497 e. The van der Waals surface area contributed by atoms with Gasteiger partial charge in [-0.15, -0.1) is 0 Å².